The van der Waals surface area contributed by atoms with Gasteiger partial charge in [-0.3, -0.25) is 19.9 Å². The van der Waals surface area contributed by atoms with Crippen molar-refractivity contribution in [2.45, 2.75) is 39.0 Å². The van der Waals surface area contributed by atoms with E-state index in [-0.39, 0.29) is 28.4 Å². The Morgan fingerprint density at radius 3 is 2.80 bits per heavy atom. The molecular formula is C29H25FN8OS. The number of hydrogen-bond acceptors (Lipinski definition) is 7. The van der Waals surface area contributed by atoms with Gasteiger partial charge in [-0.2, -0.15) is 5.10 Å². The number of aromatic amines is 2. The molecule has 9 nitrogen and oxygen atoms in total. The van der Waals surface area contributed by atoms with Gasteiger partial charge in [0.25, 0.3) is 0 Å². The number of rotatable bonds is 5. The first kappa shape index (κ1) is 24.5. The lowest BCUT2D eigenvalue weighted by Gasteiger charge is -2.20. The van der Waals surface area contributed by atoms with Crippen molar-refractivity contribution in [2.75, 3.05) is 5.32 Å². The average Bonchev–Trinajstić information content (AvgIpc) is 3.72. The zero-order valence-electron chi connectivity index (χ0n) is 21.7. The lowest BCUT2D eigenvalue weighted by molar-refractivity contribution is -0.120. The molecule has 0 unspecified atom stereocenters. The fourth-order valence-corrected chi connectivity index (χ4v) is 6.25. The first-order valence-corrected chi connectivity index (χ1v) is 14.1. The van der Waals surface area contributed by atoms with E-state index < -0.39 is 5.82 Å². The van der Waals surface area contributed by atoms with Gasteiger partial charge in [-0.25, -0.2) is 14.4 Å². The van der Waals surface area contributed by atoms with Gasteiger partial charge in [-0.05, 0) is 44.0 Å². The minimum absolute atomic E-state index is 0.00372. The molecule has 6 aromatic rings. The van der Waals surface area contributed by atoms with Crippen molar-refractivity contribution in [3.05, 3.63) is 59.7 Å². The number of aryl methyl sites for hydroxylation is 1. The fraction of sp³-hybridized carbons (Fsp3) is 0.241. The summed E-state index contributed by atoms with van der Waals surface area (Å²) >= 11 is 1.64. The lowest BCUT2D eigenvalue weighted by atomic mass is 9.88. The number of thiophene rings is 1. The second-order valence-corrected chi connectivity index (χ2v) is 11.4. The van der Waals surface area contributed by atoms with Gasteiger partial charge < -0.3 is 10.3 Å². The van der Waals surface area contributed by atoms with Gasteiger partial charge in [0.05, 0.1) is 27.7 Å². The highest BCUT2D eigenvalue weighted by atomic mass is 32.1. The topological polar surface area (TPSA) is 125 Å². The fourth-order valence-electron chi connectivity index (χ4n) is 5.38. The van der Waals surface area contributed by atoms with E-state index in [0.29, 0.717) is 28.3 Å². The quantitative estimate of drug-likeness (QED) is 0.220. The molecule has 11 heteroatoms. The summed E-state index contributed by atoms with van der Waals surface area (Å²) in [6.45, 7) is 2.05. The van der Waals surface area contributed by atoms with Crippen LogP contribution in [0, 0.1) is 18.7 Å². The maximum absolute atomic E-state index is 16.2. The molecule has 0 bridgehead atoms. The summed E-state index contributed by atoms with van der Waals surface area (Å²) in [6, 6.07) is 7.64. The molecule has 1 amide bonds. The Morgan fingerprint density at radius 2 is 1.98 bits per heavy atom. The number of imidazole rings is 1. The number of amides is 1. The van der Waals surface area contributed by atoms with E-state index in [9.17, 15) is 4.79 Å². The number of fused-ring (bicyclic) bond motifs is 2. The van der Waals surface area contributed by atoms with Gasteiger partial charge in [0.2, 0.25) is 5.91 Å². The Hall–Kier alpha value is -4.51. The Labute approximate surface area is 232 Å². The predicted molar refractivity (Wildman–Crippen MR) is 153 cm³/mol. The summed E-state index contributed by atoms with van der Waals surface area (Å²) in [4.78, 5) is 36.2. The molecule has 0 saturated heterocycles. The maximum atomic E-state index is 16.2. The number of nitrogens with zero attached hydrogens (tertiary/aromatic N) is 5. The van der Waals surface area contributed by atoms with Crippen molar-refractivity contribution in [3.63, 3.8) is 0 Å². The number of carbonyl (C=O) groups is 1. The third-order valence-corrected chi connectivity index (χ3v) is 8.43. The monoisotopic (exact) mass is 552 g/mol. The third-order valence-electron chi connectivity index (χ3n) is 7.42. The summed E-state index contributed by atoms with van der Waals surface area (Å²) in [7, 11) is 0. The number of halogens is 1. The van der Waals surface area contributed by atoms with Crippen LogP contribution in [0.4, 0.5) is 10.1 Å². The van der Waals surface area contributed by atoms with Crippen LogP contribution in [0.15, 0.2) is 49.1 Å². The molecule has 200 valence electrons. The molecule has 6 aromatic heterocycles. The number of carbonyl (C=O) groups excluding carboxylic acids is 1. The summed E-state index contributed by atoms with van der Waals surface area (Å²) in [5, 5.41) is 10.3. The largest absolute Gasteiger partial charge is 0.337 e. The van der Waals surface area contributed by atoms with Gasteiger partial charge in [0.1, 0.15) is 22.7 Å². The molecule has 1 saturated carbocycles. The zero-order chi connectivity index (χ0) is 27.2. The van der Waals surface area contributed by atoms with E-state index in [1.165, 1.54) is 17.5 Å². The van der Waals surface area contributed by atoms with E-state index in [1.54, 1.807) is 36.0 Å². The van der Waals surface area contributed by atoms with Crippen molar-refractivity contribution in [3.8, 4) is 33.2 Å². The van der Waals surface area contributed by atoms with Crippen molar-refractivity contribution in [1.82, 2.24) is 35.1 Å². The number of H-pyrrole nitrogens is 2. The molecule has 3 N–H and O–H groups in total. The predicted octanol–water partition coefficient (Wildman–Crippen LogP) is 6.65. The van der Waals surface area contributed by atoms with Gasteiger partial charge in [-0.15, -0.1) is 11.3 Å². The molecule has 6 heterocycles. The number of hydrogen-bond donors (Lipinski definition) is 3. The minimum atomic E-state index is -0.501. The van der Waals surface area contributed by atoms with Crippen molar-refractivity contribution < 1.29 is 9.18 Å². The molecule has 40 heavy (non-hydrogen) atoms. The van der Waals surface area contributed by atoms with Gasteiger partial charge >= 0.3 is 0 Å². The maximum Gasteiger partial charge on any atom is 0.227 e. The van der Waals surface area contributed by atoms with Crippen LogP contribution in [0.5, 0.6) is 0 Å². The Bertz CT molecular complexity index is 1880. The van der Waals surface area contributed by atoms with Crippen molar-refractivity contribution >= 4 is 45.0 Å². The van der Waals surface area contributed by atoms with Crippen LogP contribution in [0.3, 0.4) is 0 Å². The van der Waals surface area contributed by atoms with Crippen LogP contribution < -0.4 is 5.32 Å². The smallest absolute Gasteiger partial charge is 0.227 e. The second kappa shape index (κ2) is 9.91. The normalized spacial score (nSPS) is 14.2. The lowest BCUT2D eigenvalue weighted by Crippen LogP contribution is -2.24. The molecule has 0 spiro atoms. The second-order valence-electron chi connectivity index (χ2n) is 10.1. The number of pyridine rings is 3. The van der Waals surface area contributed by atoms with Crippen LogP contribution in [-0.2, 0) is 4.79 Å². The molecular weight excluding hydrogens is 527 g/mol. The first-order valence-electron chi connectivity index (χ1n) is 13.3. The van der Waals surface area contributed by atoms with E-state index >= 15 is 4.39 Å². The summed E-state index contributed by atoms with van der Waals surface area (Å²) in [5.74, 6) is -0.0752. The molecule has 0 atom stereocenters. The van der Waals surface area contributed by atoms with Crippen molar-refractivity contribution in [1.29, 1.82) is 0 Å². The Kier molecular flexibility index (Phi) is 6.07. The molecule has 0 aliphatic heterocycles. The zero-order valence-corrected chi connectivity index (χ0v) is 22.5. The number of aromatic nitrogens is 7. The van der Waals surface area contributed by atoms with E-state index in [4.69, 9.17) is 4.98 Å². The van der Waals surface area contributed by atoms with E-state index in [2.05, 4.69) is 35.5 Å². The molecule has 1 aliphatic rings. The van der Waals surface area contributed by atoms with Gasteiger partial charge in [-0.1, -0.05) is 19.3 Å². The highest BCUT2D eigenvalue weighted by molar-refractivity contribution is 7.15. The molecule has 0 radical (unpaired) electrons. The van der Waals surface area contributed by atoms with E-state index in [0.717, 1.165) is 41.8 Å². The minimum Gasteiger partial charge on any atom is -0.337 e. The Morgan fingerprint density at radius 1 is 1.10 bits per heavy atom. The average molecular weight is 553 g/mol. The van der Waals surface area contributed by atoms with Crippen LogP contribution in [0.1, 0.15) is 37.0 Å². The van der Waals surface area contributed by atoms with Crippen LogP contribution in [-0.4, -0.2) is 41.0 Å². The third kappa shape index (κ3) is 4.32. The van der Waals surface area contributed by atoms with Crippen LogP contribution >= 0.6 is 11.3 Å². The standard InChI is InChI=1S/C29H25FN8OS/c1-15-7-8-21(40-15)25-24-20(9-10-32-25)35-28(36-24)26-22-23(30)19(14-33-27(22)38-37-26)17-11-18(13-31-12-17)34-29(39)16-5-3-2-4-6-16/h7-14,16H,2-6H2,1H3,(H,34,39)(H,35,36)(H,33,37,38). The summed E-state index contributed by atoms with van der Waals surface area (Å²) in [5.41, 5.74) is 4.15. The summed E-state index contributed by atoms with van der Waals surface area (Å²) in [6.07, 6.45) is 11.4. The molecule has 1 aliphatic carbocycles. The van der Waals surface area contributed by atoms with Crippen molar-refractivity contribution in [2.24, 2.45) is 5.92 Å². The van der Waals surface area contributed by atoms with E-state index in [1.807, 2.05) is 25.1 Å². The Balaban J connectivity index is 1.26. The van der Waals surface area contributed by atoms with Crippen LogP contribution in [0.25, 0.3) is 55.3 Å². The highest BCUT2D eigenvalue weighted by Gasteiger charge is 2.23. The van der Waals surface area contributed by atoms with Gasteiger partial charge in [0.15, 0.2) is 11.5 Å². The summed E-state index contributed by atoms with van der Waals surface area (Å²) < 4.78 is 16.2. The molecule has 0 aromatic carbocycles. The first-order chi connectivity index (χ1) is 19.5. The molecule has 7 rings (SSSR count). The highest BCUT2D eigenvalue weighted by Crippen LogP contribution is 2.36. The van der Waals surface area contributed by atoms with Crippen LogP contribution in [0.2, 0.25) is 0 Å². The number of anilines is 1. The molecule has 1 fully saturated rings. The number of nitrogens with one attached hydrogen (secondary N) is 3. The SMILES string of the molecule is Cc1ccc(-c2nccc3[nH]c(-c4[nH]nc5ncc(-c6cncc(NC(=O)C7CCCCC7)c6)c(F)c45)nc23)s1. The van der Waals surface area contributed by atoms with Gasteiger partial charge in [0, 0.05) is 40.5 Å².